The van der Waals surface area contributed by atoms with Crippen LogP contribution in [0.3, 0.4) is 0 Å². The minimum Gasteiger partial charge on any atom is -0.478 e. The van der Waals surface area contributed by atoms with Gasteiger partial charge in [0.05, 0.1) is 85.6 Å². The van der Waals surface area contributed by atoms with Gasteiger partial charge in [-0.25, -0.2) is 24.4 Å². The molecule has 0 fully saturated rings. The highest BCUT2D eigenvalue weighted by Gasteiger charge is 2.23. The molecule has 27 nitrogen and oxygen atoms in total. The lowest BCUT2D eigenvalue weighted by atomic mass is 10.1. The number of nitrogens with zero attached hydrogens (tertiary/aromatic N) is 8. The van der Waals surface area contributed by atoms with E-state index in [0.29, 0.717) is 89.1 Å². The standard InChI is InChI=1S/C29H43ClN8O5.C20H25ClN6O3.C9H20N2O3/c1-17(2)22(15-39)35-27-36-24(23-25(37-27)38(16-33-23)18(3)4)34-19-8-9-20(21(30)14-19)26(40)31-10-12-42-13-11-32-28(41)43-29(5,6)7;1-10(2)15(8-28)24-20-25-17(16-18(26-20)27(9-22-16)11(3)4)23-12-5-6-13(19(29)30)14(21)7-12;1-9(2,3)14-8(12)11-5-7-13-6-4-10/h8-9,14,16-18,22,39H,10-13,15H2,1-7H3,(H,31,40)(H,32,41)(H2,34,35,36,37);5-7,9-11,15,28H,8H2,1-4H3,(H,29,30)(H2,23,24,25,26);4-7,10H2,1-3H3,(H,11,12)/t22-;15-;/m00./s1. The Morgan fingerprint density at radius 1 is 0.586 bits per heavy atom. The molecule has 6 aromatic rings. The molecule has 3 amide bonds. The number of carboxylic acids is 1. The Morgan fingerprint density at radius 2 is 0.977 bits per heavy atom. The summed E-state index contributed by atoms with van der Waals surface area (Å²) in [6.45, 7) is 29.8. The summed E-state index contributed by atoms with van der Waals surface area (Å²) in [5, 5.41) is 49.8. The van der Waals surface area contributed by atoms with Crippen LogP contribution in [0.25, 0.3) is 22.3 Å². The number of nitrogens with one attached hydrogen (secondary N) is 7. The van der Waals surface area contributed by atoms with Gasteiger partial charge < -0.3 is 86.4 Å². The van der Waals surface area contributed by atoms with Crippen LogP contribution < -0.4 is 43.0 Å². The number of carbonyl (C=O) groups is 4. The van der Waals surface area contributed by atoms with Crippen molar-refractivity contribution in [3.63, 3.8) is 0 Å². The zero-order chi connectivity index (χ0) is 64.8. The number of hydrogen-bond acceptors (Lipinski definition) is 21. The van der Waals surface area contributed by atoms with Gasteiger partial charge >= 0.3 is 18.2 Å². The summed E-state index contributed by atoms with van der Waals surface area (Å²) in [6.07, 6.45) is 2.48. The van der Waals surface area contributed by atoms with Crippen LogP contribution in [0.5, 0.6) is 0 Å². The van der Waals surface area contributed by atoms with Crippen LogP contribution in [-0.2, 0) is 18.9 Å². The van der Waals surface area contributed by atoms with Gasteiger partial charge in [0, 0.05) is 49.6 Å². The first-order valence-electron chi connectivity index (χ1n) is 28.6. The van der Waals surface area contributed by atoms with Gasteiger partial charge in [-0.1, -0.05) is 50.9 Å². The van der Waals surface area contributed by atoms with Gasteiger partial charge in [0.2, 0.25) is 11.9 Å². The molecule has 0 saturated carbocycles. The summed E-state index contributed by atoms with van der Waals surface area (Å²) in [4.78, 5) is 74.1. The number of aliphatic hydroxyl groups is 2. The Kier molecular flexibility index (Phi) is 28.4. The number of anilines is 6. The number of fused-ring (bicyclic) bond motifs is 2. The summed E-state index contributed by atoms with van der Waals surface area (Å²) in [7, 11) is 0. The highest BCUT2D eigenvalue weighted by Crippen LogP contribution is 2.31. The topological polar surface area (TPSA) is 363 Å². The largest absolute Gasteiger partial charge is 0.478 e. The SMILES string of the molecule is CC(C)(C)OC(=O)NCCOCCN.CC(C)[C@H](CO)Nc1nc(Nc2ccc(C(=O)NCCOCCNC(=O)OC(C)(C)C)c(Cl)c2)c2ncn(C(C)C)c2n1.CC(C)[C@H](CO)Nc1nc(Nc2ccc(C(=O)O)c(Cl)c2)c2ncn(C(C)C)c2n1. The highest BCUT2D eigenvalue weighted by molar-refractivity contribution is 6.34. The quantitative estimate of drug-likeness (QED) is 0.0214. The molecule has 2 aromatic carbocycles. The van der Waals surface area contributed by atoms with Crippen LogP contribution >= 0.6 is 23.2 Å². The number of aromatic nitrogens is 8. The van der Waals surface area contributed by atoms with Crippen molar-refractivity contribution >= 4 is 104 Å². The van der Waals surface area contributed by atoms with Crippen molar-refractivity contribution in [1.29, 1.82) is 0 Å². The molecule has 6 rings (SSSR count). The molecule has 480 valence electrons. The molecule has 4 heterocycles. The minimum absolute atomic E-state index is 0.0178. The summed E-state index contributed by atoms with van der Waals surface area (Å²) in [5.41, 5.74) is 8.11. The third kappa shape index (κ3) is 23.7. The van der Waals surface area contributed by atoms with E-state index in [2.05, 4.69) is 67.1 Å². The number of aromatic carboxylic acids is 1. The number of benzene rings is 2. The molecule has 0 radical (unpaired) electrons. The molecule has 0 bridgehead atoms. The second-order valence-corrected chi connectivity index (χ2v) is 23.9. The van der Waals surface area contributed by atoms with Gasteiger partial charge in [0.25, 0.3) is 5.91 Å². The van der Waals surface area contributed by atoms with E-state index >= 15 is 0 Å². The number of carbonyl (C=O) groups excluding carboxylic acids is 3. The smallest absolute Gasteiger partial charge is 0.407 e. The van der Waals surface area contributed by atoms with E-state index in [1.807, 2.05) is 85.3 Å². The van der Waals surface area contributed by atoms with Crippen molar-refractivity contribution < 1.29 is 53.4 Å². The molecule has 0 unspecified atom stereocenters. The number of alkyl carbamates (subject to hydrolysis) is 2. The summed E-state index contributed by atoms with van der Waals surface area (Å²) >= 11 is 12.6. The molecular weight excluding hydrogens is 1170 g/mol. The Morgan fingerprint density at radius 3 is 1.32 bits per heavy atom. The Hall–Kier alpha value is -7.40. The maximum atomic E-state index is 12.7. The average Bonchev–Trinajstić information content (AvgIpc) is 2.23. The molecule has 12 N–H and O–H groups in total. The van der Waals surface area contributed by atoms with E-state index in [1.54, 1.807) is 57.7 Å². The van der Waals surface area contributed by atoms with Gasteiger partial charge in [-0.05, 0) is 117 Å². The fraction of sp³-hybridized carbons (Fsp3) is 0.552. The number of rotatable bonds is 27. The zero-order valence-corrected chi connectivity index (χ0v) is 53.7. The average molecular weight is 1260 g/mol. The zero-order valence-electron chi connectivity index (χ0n) is 52.2. The molecule has 2 atom stereocenters. The number of hydrogen-bond donors (Lipinski definition) is 11. The van der Waals surface area contributed by atoms with Gasteiger partial charge in [0.15, 0.2) is 34.0 Å². The van der Waals surface area contributed by atoms with Crippen LogP contribution in [0, 0.1) is 11.8 Å². The molecule has 0 aliphatic rings. The van der Waals surface area contributed by atoms with Gasteiger partial charge in [-0.2, -0.15) is 19.9 Å². The van der Waals surface area contributed by atoms with Crippen LogP contribution in [0.2, 0.25) is 10.0 Å². The first kappa shape index (κ1) is 72.1. The number of halogens is 2. The van der Waals surface area contributed by atoms with E-state index < -0.39 is 29.4 Å². The van der Waals surface area contributed by atoms with Crippen molar-refractivity contribution in [3.8, 4) is 0 Å². The van der Waals surface area contributed by atoms with Gasteiger partial charge in [-0.15, -0.1) is 0 Å². The number of nitrogens with two attached hydrogens (primary N) is 1. The van der Waals surface area contributed by atoms with Crippen LogP contribution in [0.1, 0.15) is 130 Å². The van der Waals surface area contributed by atoms with E-state index in [1.165, 1.54) is 12.1 Å². The van der Waals surface area contributed by atoms with Crippen LogP contribution in [-0.4, -0.2) is 168 Å². The summed E-state index contributed by atoms with van der Waals surface area (Å²) in [5.74, 6) is 0.497. The van der Waals surface area contributed by atoms with Crippen molar-refractivity contribution in [3.05, 3.63) is 70.2 Å². The van der Waals surface area contributed by atoms with Crippen LogP contribution in [0.4, 0.5) is 44.5 Å². The first-order chi connectivity index (χ1) is 40.9. The second kappa shape index (κ2) is 34.2. The second-order valence-electron chi connectivity index (χ2n) is 23.1. The van der Waals surface area contributed by atoms with Crippen molar-refractivity contribution in [2.24, 2.45) is 17.6 Å². The lowest BCUT2D eigenvalue weighted by Gasteiger charge is -2.20. The predicted octanol–water partition coefficient (Wildman–Crippen LogP) is 8.92. The van der Waals surface area contributed by atoms with Crippen molar-refractivity contribution in [2.45, 2.75) is 132 Å². The van der Waals surface area contributed by atoms with E-state index in [0.717, 1.165) is 0 Å². The summed E-state index contributed by atoms with van der Waals surface area (Å²) in [6, 6.07) is 9.36. The molecule has 0 aliphatic carbocycles. The number of amides is 3. The normalized spacial score (nSPS) is 12.3. The highest BCUT2D eigenvalue weighted by atomic mass is 35.5. The van der Waals surface area contributed by atoms with E-state index in [4.69, 9.17) is 53.0 Å². The van der Waals surface area contributed by atoms with Gasteiger partial charge in [-0.3, -0.25) is 4.79 Å². The van der Waals surface area contributed by atoms with Gasteiger partial charge in [0.1, 0.15) is 11.2 Å². The van der Waals surface area contributed by atoms with Crippen molar-refractivity contribution in [2.75, 3.05) is 87.1 Å². The molecular formula is C58H88Cl2N16O11. The molecule has 87 heavy (non-hydrogen) atoms. The molecule has 0 saturated heterocycles. The predicted molar refractivity (Wildman–Crippen MR) is 338 cm³/mol. The maximum Gasteiger partial charge on any atom is 0.407 e. The van der Waals surface area contributed by atoms with E-state index in [-0.39, 0.29) is 97.0 Å². The summed E-state index contributed by atoms with van der Waals surface area (Å²) < 4.78 is 24.6. The molecule has 0 spiro atoms. The third-order valence-corrected chi connectivity index (χ3v) is 12.8. The lowest BCUT2D eigenvalue weighted by Crippen LogP contribution is -2.34. The third-order valence-electron chi connectivity index (χ3n) is 12.1. The molecule has 4 aromatic heterocycles. The lowest BCUT2D eigenvalue weighted by molar-refractivity contribution is 0.0490. The Bertz CT molecular complexity index is 3180. The first-order valence-corrected chi connectivity index (χ1v) is 29.4. The molecule has 29 heteroatoms. The fourth-order valence-corrected chi connectivity index (χ4v) is 8.11. The maximum absolute atomic E-state index is 12.7. The number of carboxylic acid groups (broad SMARTS) is 1. The minimum atomic E-state index is -1.10. The Labute approximate surface area is 518 Å². The number of ether oxygens (including phenoxy) is 4. The monoisotopic (exact) mass is 1250 g/mol. The van der Waals surface area contributed by atoms with Crippen molar-refractivity contribution in [1.82, 2.24) is 55.0 Å². The van der Waals surface area contributed by atoms with E-state index in [9.17, 15) is 29.4 Å². The van der Waals surface area contributed by atoms with Crippen LogP contribution in [0.15, 0.2) is 49.1 Å². The molecule has 0 aliphatic heterocycles. The Balaban J connectivity index is 0.000000317. The fourth-order valence-electron chi connectivity index (χ4n) is 7.59. The number of aliphatic hydroxyl groups excluding tert-OH is 2. The number of imidazole rings is 2.